The first-order valence-corrected chi connectivity index (χ1v) is 10.7. The monoisotopic (exact) mass is 528 g/mol. The van der Waals surface area contributed by atoms with E-state index in [0.29, 0.717) is 27.9 Å². The number of nitrogen functional groups attached to an aromatic ring is 2. The van der Waals surface area contributed by atoms with E-state index in [1.165, 1.54) is 30.6 Å². The molecule has 0 aliphatic rings. The molecule has 2 amide bonds. The number of carbonyl (C=O) groups is 2. The van der Waals surface area contributed by atoms with E-state index in [1.54, 1.807) is 59.9 Å². The molecular formula is C26H27ClN6O4. The molecule has 0 aliphatic heterocycles. The number of nitrogens with one attached hydrogen (secondary N) is 2. The number of rotatable bonds is 4. The van der Waals surface area contributed by atoms with Crippen LogP contribution in [0.3, 0.4) is 0 Å². The van der Waals surface area contributed by atoms with E-state index in [9.17, 15) is 9.59 Å². The van der Waals surface area contributed by atoms with Gasteiger partial charge in [0.05, 0.1) is 0 Å². The number of carbonyl (C=O) groups excluding carboxylic acids is 2. The minimum absolute atomic E-state index is 0.0198. The molecule has 0 spiro atoms. The number of nitrogens with zero attached hydrogens (tertiary/aromatic N) is 2. The Morgan fingerprint density at radius 3 is 1.84 bits per heavy atom. The smallest absolute Gasteiger partial charge is 0.269 e. The van der Waals surface area contributed by atoms with Gasteiger partial charge in [-0.05, 0) is 66.7 Å². The Morgan fingerprint density at radius 2 is 1.32 bits per heavy atom. The first-order valence-electron chi connectivity index (χ1n) is 13.3. The minimum Gasteiger partial charge on any atom is -0.508 e. The van der Waals surface area contributed by atoms with Gasteiger partial charge in [-0.1, -0.05) is 11.6 Å². The molecule has 0 atom stereocenters. The van der Waals surface area contributed by atoms with Gasteiger partial charge in [0.2, 0.25) is 0 Å². The Balaban J connectivity index is 0.000000251. The van der Waals surface area contributed by atoms with Gasteiger partial charge in [-0.15, -0.1) is 0 Å². The Bertz CT molecular complexity index is 1480. The number of amides is 2. The van der Waals surface area contributed by atoms with Gasteiger partial charge in [0.1, 0.15) is 28.6 Å². The Morgan fingerprint density at radius 1 is 0.811 bits per heavy atom. The highest BCUT2D eigenvalue weighted by molar-refractivity contribution is 6.30. The van der Waals surface area contributed by atoms with Crippen molar-refractivity contribution >= 4 is 34.8 Å². The molecule has 7 N–H and O–H groups in total. The third kappa shape index (κ3) is 10.1. The van der Waals surface area contributed by atoms with Gasteiger partial charge in [-0.2, -0.15) is 0 Å². The first-order chi connectivity index (χ1) is 20.0. The third-order valence-electron chi connectivity index (χ3n) is 4.15. The lowest BCUT2D eigenvalue weighted by Crippen LogP contribution is -2.18. The van der Waals surface area contributed by atoms with Crippen molar-refractivity contribution in [3.05, 3.63) is 102 Å². The van der Waals surface area contributed by atoms with Crippen molar-refractivity contribution in [3.8, 4) is 17.2 Å². The maximum Gasteiger partial charge on any atom is 0.269 e. The number of anilines is 2. The van der Waals surface area contributed by atoms with Gasteiger partial charge in [0.25, 0.3) is 11.8 Å². The molecular weight excluding hydrogens is 496 g/mol. The Hall–Kier alpha value is -4.83. The molecule has 0 unspecified atom stereocenters. The molecule has 4 rings (SSSR count). The fraction of sp³-hybridized carbons (Fsp3) is 0.0769. The van der Waals surface area contributed by atoms with Gasteiger partial charge in [0.15, 0.2) is 0 Å². The topological polar surface area (TPSA) is 165 Å². The summed E-state index contributed by atoms with van der Waals surface area (Å²) in [5, 5.41) is 12.7. The molecule has 0 saturated carbocycles. The fourth-order valence-electron chi connectivity index (χ4n) is 2.40. The summed E-state index contributed by atoms with van der Waals surface area (Å²) in [6.45, 7) is -5.08. The molecule has 0 bridgehead atoms. The summed E-state index contributed by atoms with van der Waals surface area (Å²) in [4.78, 5) is 30.4. The van der Waals surface area contributed by atoms with Crippen LogP contribution in [0.5, 0.6) is 17.2 Å². The van der Waals surface area contributed by atoms with Crippen molar-refractivity contribution in [2.24, 2.45) is 0 Å². The van der Waals surface area contributed by atoms with Gasteiger partial charge >= 0.3 is 0 Å². The van der Waals surface area contributed by atoms with Crippen LogP contribution in [0, 0.1) is 0 Å². The highest BCUT2D eigenvalue weighted by Crippen LogP contribution is 2.22. The van der Waals surface area contributed by atoms with E-state index < -0.39 is 25.8 Å². The number of hydrogen-bond donors (Lipinski definition) is 5. The molecule has 2 heterocycles. The van der Waals surface area contributed by atoms with Crippen LogP contribution in [0.1, 0.15) is 29.2 Å². The number of phenols is 1. The first kappa shape index (κ1) is 20.4. The fourth-order valence-corrected chi connectivity index (χ4v) is 2.56. The van der Waals surface area contributed by atoms with Crippen molar-refractivity contribution < 1.29 is 27.7 Å². The van der Waals surface area contributed by atoms with Crippen molar-refractivity contribution in [2.45, 2.75) is 0 Å². The predicted molar refractivity (Wildman–Crippen MR) is 144 cm³/mol. The van der Waals surface area contributed by atoms with Crippen LogP contribution in [-0.4, -0.2) is 40.8 Å². The lowest BCUT2D eigenvalue weighted by molar-refractivity contribution is 0.0950. The molecule has 0 radical (unpaired) electrons. The summed E-state index contributed by atoms with van der Waals surface area (Å²) in [7, 11) is 0. The number of ether oxygens (including phenoxy) is 1. The predicted octanol–water partition coefficient (Wildman–Crippen LogP) is 3.88. The van der Waals surface area contributed by atoms with Crippen LogP contribution in [0.25, 0.3) is 0 Å². The molecule has 0 aliphatic carbocycles. The van der Waals surface area contributed by atoms with Gasteiger partial charge in [0, 0.05) is 57.0 Å². The van der Waals surface area contributed by atoms with Crippen LogP contribution >= 0.6 is 11.6 Å². The molecule has 0 fully saturated rings. The molecule has 10 nitrogen and oxygen atoms in total. The normalized spacial score (nSPS) is 12.6. The van der Waals surface area contributed by atoms with Crippen LogP contribution < -0.4 is 26.8 Å². The number of phenolic OH excluding ortho intramolecular Hbond substituents is 1. The van der Waals surface area contributed by atoms with Crippen LogP contribution in [0.4, 0.5) is 11.4 Å². The van der Waals surface area contributed by atoms with E-state index in [0.717, 1.165) is 0 Å². The van der Waals surface area contributed by atoms with Gasteiger partial charge < -0.3 is 31.9 Å². The zero-order valence-electron chi connectivity index (χ0n) is 25.2. The highest BCUT2D eigenvalue weighted by atomic mass is 35.5. The maximum absolute atomic E-state index is 11.7. The van der Waals surface area contributed by atoms with E-state index in [1.807, 2.05) is 5.32 Å². The summed E-state index contributed by atoms with van der Waals surface area (Å²) in [6.07, 6.45) is 2.69. The SMILES string of the molecule is Nc1ccc(O)cc1.[2H]C([2H])([2H])NC(=O)c1cc(Cl)ccn1.[2H]C([2H])([2H])NC(=O)c1cc(Oc2ccc(N)cc2)ccn1. The third-order valence-corrected chi connectivity index (χ3v) is 4.39. The second-order valence-electron chi connectivity index (χ2n) is 6.91. The van der Waals surface area contributed by atoms with Crippen LogP contribution in [0.2, 0.25) is 5.02 Å². The number of aromatic hydroxyl groups is 1. The largest absolute Gasteiger partial charge is 0.508 e. The summed E-state index contributed by atoms with van der Waals surface area (Å²) in [5.41, 5.74) is 12.1. The van der Waals surface area contributed by atoms with Crippen molar-refractivity contribution in [1.82, 2.24) is 20.6 Å². The van der Waals surface area contributed by atoms with E-state index in [4.69, 9.17) is 41.1 Å². The number of aromatic nitrogens is 2. The van der Waals surface area contributed by atoms with E-state index in [2.05, 4.69) is 9.97 Å². The molecule has 11 heteroatoms. The summed E-state index contributed by atoms with van der Waals surface area (Å²) < 4.78 is 46.9. The molecule has 0 saturated heterocycles. The summed E-state index contributed by atoms with van der Waals surface area (Å²) >= 11 is 5.60. The van der Waals surface area contributed by atoms with Crippen LogP contribution in [-0.2, 0) is 0 Å². The minimum atomic E-state index is -2.56. The lowest BCUT2D eigenvalue weighted by atomic mass is 10.3. The number of hydrogen-bond acceptors (Lipinski definition) is 8. The zero-order chi connectivity index (χ0) is 32.2. The van der Waals surface area contributed by atoms with E-state index >= 15 is 0 Å². The Kier molecular flexibility index (Phi) is 8.01. The second-order valence-corrected chi connectivity index (χ2v) is 7.34. The standard InChI is InChI=1S/C13H13N3O2.C7H7ClN2O.C6H7NO/c1-15-13(17)12-8-11(6-7-16-12)18-10-4-2-9(14)3-5-10;1-9-7(11)6-4-5(8)2-3-10-6;7-5-1-3-6(8)4-2-5/h2-8H,14H2,1H3,(H,15,17);2-4H,1H3,(H,9,11);1-4,8H,7H2/i2*1D3;. The maximum atomic E-state index is 11.7. The number of halogens is 1. The number of benzene rings is 2. The average molecular weight is 529 g/mol. The number of pyridine rings is 2. The van der Waals surface area contributed by atoms with Crippen molar-refractivity contribution in [3.63, 3.8) is 0 Å². The zero-order valence-corrected chi connectivity index (χ0v) is 19.9. The summed E-state index contributed by atoms with van der Waals surface area (Å²) in [5.74, 6) is -0.410. The quantitative estimate of drug-likeness (QED) is 0.196. The summed E-state index contributed by atoms with van der Waals surface area (Å²) in [6, 6.07) is 18.8. The highest BCUT2D eigenvalue weighted by Gasteiger charge is 2.06. The van der Waals surface area contributed by atoms with Gasteiger partial charge in [-0.25, -0.2) is 0 Å². The van der Waals surface area contributed by atoms with E-state index in [-0.39, 0.29) is 17.1 Å². The number of nitrogens with two attached hydrogens (primary N) is 2. The van der Waals surface area contributed by atoms with Crippen LogP contribution in [0.15, 0.2) is 85.2 Å². The van der Waals surface area contributed by atoms with Gasteiger partial charge in [-0.3, -0.25) is 19.6 Å². The van der Waals surface area contributed by atoms with Crippen molar-refractivity contribution in [2.75, 3.05) is 25.4 Å². The second kappa shape index (κ2) is 14.5. The molecule has 4 aromatic rings. The average Bonchev–Trinajstić information content (AvgIpc) is 2.91. The molecule has 2 aromatic heterocycles. The Labute approximate surface area is 227 Å². The lowest BCUT2D eigenvalue weighted by Gasteiger charge is -2.06. The molecule has 192 valence electrons. The molecule has 37 heavy (non-hydrogen) atoms. The molecule has 2 aromatic carbocycles. The van der Waals surface area contributed by atoms with Crippen molar-refractivity contribution in [1.29, 1.82) is 0 Å².